The number of amides is 5. The number of nitrogens with two attached hydrogens (primary N) is 2. The van der Waals surface area contributed by atoms with Gasteiger partial charge in [0.05, 0.1) is 36.3 Å². The summed E-state index contributed by atoms with van der Waals surface area (Å²) in [4.78, 5) is 72.4. The highest BCUT2D eigenvalue weighted by atomic mass is 16.5. The van der Waals surface area contributed by atoms with Gasteiger partial charge in [-0.2, -0.15) is 10.2 Å². The lowest BCUT2D eigenvalue weighted by Gasteiger charge is -2.31. The van der Waals surface area contributed by atoms with Crippen LogP contribution in [0.5, 0.6) is 11.5 Å². The quantitative estimate of drug-likeness (QED) is 0.0510. The van der Waals surface area contributed by atoms with Gasteiger partial charge >= 0.3 is 0 Å². The minimum Gasteiger partial charge on any atom is -0.494 e. The number of hydrogen-bond donors (Lipinski definition) is 6. The molecule has 1 unspecified atom stereocenters. The number of methoxy groups -OCH3 is 1. The number of rotatable bonds is 19. The second-order valence-electron chi connectivity index (χ2n) is 14.4. The van der Waals surface area contributed by atoms with Crippen LogP contribution in [0.25, 0.3) is 11.0 Å². The first kappa shape index (κ1) is 44.1. The number of carbonyl (C=O) groups is 5. The van der Waals surface area contributed by atoms with E-state index >= 15 is 0 Å². The van der Waals surface area contributed by atoms with E-state index in [1.807, 2.05) is 42.7 Å². The lowest BCUT2D eigenvalue weighted by molar-refractivity contribution is -0.123. The van der Waals surface area contributed by atoms with Crippen LogP contribution in [-0.2, 0) is 24.4 Å². The van der Waals surface area contributed by atoms with Gasteiger partial charge in [0.2, 0.25) is 23.7 Å². The largest absolute Gasteiger partial charge is 0.494 e. The van der Waals surface area contributed by atoms with Crippen LogP contribution in [0.3, 0.4) is 0 Å². The van der Waals surface area contributed by atoms with Crippen molar-refractivity contribution in [1.82, 2.24) is 39.7 Å². The molecule has 1 atom stereocenters. The summed E-state index contributed by atoms with van der Waals surface area (Å²) >= 11 is 0. The van der Waals surface area contributed by atoms with Crippen molar-refractivity contribution in [1.29, 1.82) is 0 Å². The fourth-order valence-electron chi connectivity index (χ4n) is 7.23. The van der Waals surface area contributed by atoms with Crippen molar-refractivity contribution in [3.63, 3.8) is 0 Å². The molecular weight excluding hydrogens is 803 g/mol. The number of benzene rings is 2. The van der Waals surface area contributed by atoms with Crippen molar-refractivity contribution in [2.24, 2.45) is 11.5 Å². The van der Waals surface area contributed by atoms with Gasteiger partial charge in [0, 0.05) is 50.9 Å². The summed E-state index contributed by atoms with van der Waals surface area (Å²) in [5.41, 5.74) is 15.7. The van der Waals surface area contributed by atoms with Crippen molar-refractivity contribution in [2.45, 2.75) is 60.0 Å². The standard InChI is InChI=1S/C41H51N13O8/c1-7-53-29(16-23(3)48-53)38(59)46-40-45-27-18-25(36(42)57)21-32(62-15-11-12-44-33(56)22-55)34(27)51(40)13-9-10-14-52-35-28(19-26(37(43)58)20-31(35)61-6)50(5)41(52)47-39(60)30-17-24(4)49-54(30)8-2/h9-10,16-21,41,55H,7-8,11-15,22H2,1-6H3,(H2,42,57)(H2,43,58)(H,44,56)(H,47,60)(H,45,46,59)/b10-9+. The molecule has 2 aromatic carbocycles. The lowest BCUT2D eigenvalue weighted by atomic mass is 10.1. The Morgan fingerprint density at radius 1 is 0.855 bits per heavy atom. The number of fused-ring (bicyclic) bond motifs is 2. The molecule has 0 spiro atoms. The summed E-state index contributed by atoms with van der Waals surface area (Å²) in [6, 6.07) is 9.56. The van der Waals surface area contributed by atoms with Crippen LogP contribution < -0.4 is 46.7 Å². The molecule has 5 aromatic rings. The minimum absolute atomic E-state index is 0.105. The summed E-state index contributed by atoms with van der Waals surface area (Å²) in [6.45, 7) is 8.29. The molecule has 328 valence electrons. The zero-order chi connectivity index (χ0) is 44.8. The topological polar surface area (TPSA) is 272 Å². The Bertz CT molecular complexity index is 2560. The normalized spacial score (nSPS) is 13.4. The Hall–Kier alpha value is -7.42. The van der Waals surface area contributed by atoms with Gasteiger partial charge in [-0.25, -0.2) is 4.98 Å². The average Bonchev–Trinajstić information content (AvgIpc) is 4.00. The minimum atomic E-state index is -0.759. The number of nitrogens with zero attached hydrogens (tertiary/aromatic N) is 8. The molecule has 1 aliphatic heterocycles. The number of nitrogens with one attached hydrogen (secondary N) is 3. The van der Waals surface area contributed by atoms with E-state index in [9.17, 15) is 24.0 Å². The van der Waals surface area contributed by atoms with E-state index in [1.54, 1.807) is 52.2 Å². The molecule has 1 aliphatic rings. The summed E-state index contributed by atoms with van der Waals surface area (Å²) in [5.74, 6) is -2.00. The molecule has 0 saturated heterocycles. The third-order valence-corrected chi connectivity index (χ3v) is 10.1. The third-order valence-electron chi connectivity index (χ3n) is 10.1. The molecule has 5 amide bonds. The SMILES string of the molecule is CCn1nc(C)cc1C(=O)Nc1nc2cc(C(N)=O)cc(OCCCNC(=O)CO)c2n1C/C=C/CN1c2c(OC)cc(C(N)=O)cc2N(C)C1NC(=O)c1cc(C)nn1CC. The zero-order valence-electron chi connectivity index (χ0n) is 35.4. The Kier molecular flexibility index (Phi) is 13.4. The lowest BCUT2D eigenvalue weighted by Crippen LogP contribution is -2.54. The van der Waals surface area contributed by atoms with Gasteiger partial charge in [0.1, 0.15) is 40.7 Å². The first-order chi connectivity index (χ1) is 29.7. The second-order valence-corrected chi connectivity index (χ2v) is 14.4. The van der Waals surface area contributed by atoms with Crippen LogP contribution in [0.1, 0.15) is 73.3 Å². The van der Waals surface area contributed by atoms with Crippen LogP contribution in [0, 0.1) is 13.8 Å². The van der Waals surface area contributed by atoms with Crippen molar-refractivity contribution in [2.75, 3.05) is 55.6 Å². The summed E-state index contributed by atoms with van der Waals surface area (Å²) in [5, 5.41) is 26.5. The highest BCUT2D eigenvalue weighted by Gasteiger charge is 2.38. The fourth-order valence-corrected chi connectivity index (χ4v) is 7.23. The number of ether oxygens (including phenoxy) is 2. The van der Waals surface area contributed by atoms with Gasteiger partial charge < -0.3 is 51.0 Å². The maximum Gasteiger partial charge on any atom is 0.276 e. The second kappa shape index (κ2) is 18.9. The van der Waals surface area contributed by atoms with Crippen LogP contribution in [-0.4, -0.2) is 111 Å². The fraction of sp³-hybridized carbons (Fsp3) is 0.366. The zero-order valence-corrected chi connectivity index (χ0v) is 35.4. The number of aryl methyl sites for hydroxylation is 4. The first-order valence-corrected chi connectivity index (χ1v) is 19.9. The number of aromatic nitrogens is 6. The molecule has 4 heterocycles. The van der Waals surface area contributed by atoms with Gasteiger partial charge in [0.25, 0.3) is 11.8 Å². The van der Waals surface area contributed by atoms with Gasteiger partial charge in [-0.3, -0.25) is 38.7 Å². The molecule has 21 heteroatoms. The van der Waals surface area contributed by atoms with Gasteiger partial charge in [-0.15, -0.1) is 0 Å². The molecule has 0 fully saturated rings. The molecular formula is C41H51N13O8. The Morgan fingerprint density at radius 3 is 2.08 bits per heavy atom. The van der Waals surface area contributed by atoms with Crippen LogP contribution in [0.2, 0.25) is 0 Å². The van der Waals surface area contributed by atoms with Gasteiger partial charge in [-0.05, 0) is 70.5 Å². The molecule has 6 rings (SSSR count). The first-order valence-electron chi connectivity index (χ1n) is 19.9. The third kappa shape index (κ3) is 9.16. The van der Waals surface area contributed by atoms with Crippen LogP contribution in [0.4, 0.5) is 17.3 Å². The van der Waals surface area contributed by atoms with Crippen molar-refractivity contribution in [3.8, 4) is 11.5 Å². The van der Waals surface area contributed by atoms with E-state index in [0.717, 1.165) is 0 Å². The molecule has 0 radical (unpaired) electrons. The highest BCUT2D eigenvalue weighted by molar-refractivity contribution is 6.04. The van der Waals surface area contributed by atoms with E-state index in [-0.39, 0.29) is 55.0 Å². The Morgan fingerprint density at radius 2 is 1.47 bits per heavy atom. The molecule has 0 aliphatic carbocycles. The number of allylic oxidation sites excluding steroid dienone is 1. The number of primary amides is 2. The van der Waals surface area contributed by atoms with E-state index in [1.165, 1.54) is 19.2 Å². The number of imidazole rings is 1. The molecule has 8 N–H and O–H groups in total. The van der Waals surface area contributed by atoms with Crippen LogP contribution >= 0.6 is 0 Å². The number of hydrogen-bond acceptors (Lipinski definition) is 13. The molecule has 0 saturated carbocycles. The summed E-state index contributed by atoms with van der Waals surface area (Å²) in [7, 11) is 3.26. The highest BCUT2D eigenvalue weighted by Crippen LogP contribution is 2.45. The molecule has 62 heavy (non-hydrogen) atoms. The predicted molar refractivity (Wildman–Crippen MR) is 229 cm³/mol. The van der Waals surface area contributed by atoms with Gasteiger partial charge in [0.15, 0.2) is 6.29 Å². The number of carbonyl (C=O) groups excluding carboxylic acids is 5. The maximum atomic E-state index is 13.8. The monoisotopic (exact) mass is 853 g/mol. The molecule has 3 aromatic heterocycles. The maximum absolute atomic E-state index is 13.8. The average molecular weight is 854 g/mol. The van der Waals surface area contributed by atoms with Crippen molar-refractivity contribution in [3.05, 3.63) is 82.5 Å². The van der Waals surface area contributed by atoms with Crippen molar-refractivity contribution < 1.29 is 38.6 Å². The van der Waals surface area contributed by atoms with Crippen LogP contribution in [0.15, 0.2) is 48.6 Å². The summed E-state index contributed by atoms with van der Waals surface area (Å²) in [6.07, 6.45) is 3.30. The van der Waals surface area contributed by atoms with Crippen molar-refractivity contribution >= 4 is 57.9 Å². The Balaban J connectivity index is 1.37. The van der Waals surface area contributed by atoms with E-state index < -0.39 is 36.5 Å². The smallest absolute Gasteiger partial charge is 0.276 e. The molecule has 0 bridgehead atoms. The Labute approximate surface area is 356 Å². The molecule has 21 nitrogen and oxygen atoms in total. The predicted octanol–water partition coefficient (Wildman–Crippen LogP) is 1.65. The van der Waals surface area contributed by atoms with E-state index in [0.29, 0.717) is 70.4 Å². The number of aliphatic hydroxyl groups excluding tert-OH is 1. The number of anilines is 3. The van der Waals surface area contributed by atoms with Gasteiger partial charge in [-0.1, -0.05) is 12.2 Å². The van der Waals surface area contributed by atoms with E-state index in [2.05, 4.69) is 26.1 Å². The number of aliphatic hydroxyl groups is 1. The summed E-state index contributed by atoms with van der Waals surface area (Å²) < 4.78 is 16.8. The van der Waals surface area contributed by atoms with E-state index in [4.69, 9.17) is 31.0 Å².